The van der Waals surface area contributed by atoms with Crippen LogP contribution in [-0.2, 0) is 0 Å². The molecule has 3 aromatic carbocycles. The third kappa shape index (κ3) is 1.97. The molecule has 0 saturated carbocycles. The van der Waals surface area contributed by atoms with Gasteiger partial charge in [0.1, 0.15) is 0 Å². The predicted octanol–water partition coefficient (Wildman–Crippen LogP) is 4.33. The maximum absolute atomic E-state index is 5.57. The van der Waals surface area contributed by atoms with E-state index in [0.717, 1.165) is 10.8 Å². The highest BCUT2D eigenvalue weighted by molar-refractivity contribution is 6.11. The van der Waals surface area contributed by atoms with Crippen LogP contribution in [0.4, 0.5) is 0 Å². The van der Waals surface area contributed by atoms with Crippen LogP contribution in [0, 0.1) is 6.92 Å². The van der Waals surface area contributed by atoms with Gasteiger partial charge in [-0.25, -0.2) is 0 Å². The molecule has 0 atom stereocenters. The molecule has 0 fully saturated rings. The van der Waals surface area contributed by atoms with E-state index in [9.17, 15) is 0 Å². The van der Waals surface area contributed by atoms with Gasteiger partial charge in [0.2, 0.25) is 5.75 Å². The third-order valence-corrected chi connectivity index (χ3v) is 3.90. The Hall–Kier alpha value is -2.42. The first kappa shape index (κ1) is 13.6. The molecule has 0 spiro atoms. The maximum Gasteiger partial charge on any atom is 0.203 e. The van der Waals surface area contributed by atoms with Crippen molar-refractivity contribution < 1.29 is 14.2 Å². The van der Waals surface area contributed by atoms with Gasteiger partial charge >= 0.3 is 0 Å². The summed E-state index contributed by atoms with van der Waals surface area (Å²) < 4.78 is 16.5. The summed E-state index contributed by atoms with van der Waals surface area (Å²) in [6, 6.07) is 12.5. The first-order chi connectivity index (χ1) is 10.2. The molecule has 3 nitrogen and oxygen atoms in total. The van der Waals surface area contributed by atoms with E-state index in [4.69, 9.17) is 14.2 Å². The normalized spacial score (nSPS) is 10.9. The number of ether oxygens (including phenoxy) is 3. The lowest BCUT2D eigenvalue weighted by atomic mass is 9.98. The highest BCUT2D eigenvalue weighted by Crippen LogP contribution is 2.45. The van der Waals surface area contributed by atoms with Crippen LogP contribution >= 0.6 is 0 Å². The van der Waals surface area contributed by atoms with Gasteiger partial charge in [-0.2, -0.15) is 0 Å². The highest BCUT2D eigenvalue weighted by Gasteiger charge is 2.17. The van der Waals surface area contributed by atoms with Crippen LogP contribution in [0.5, 0.6) is 17.2 Å². The summed E-state index contributed by atoms with van der Waals surface area (Å²) in [6.07, 6.45) is 0. The van der Waals surface area contributed by atoms with Gasteiger partial charge in [0.05, 0.1) is 21.3 Å². The van der Waals surface area contributed by atoms with Crippen LogP contribution in [0.15, 0.2) is 36.4 Å². The van der Waals surface area contributed by atoms with E-state index in [-0.39, 0.29) is 0 Å². The Kier molecular flexibility index (Phi) is 3.34. The molecule has 0 aliphatic heterocycles. The minimum absolute atomic E-state index is 0.625. The molecule has 0 amide bonds. The molecule has 0 N–H and O–H groups in total. The van der Waals surface area contributed by atoms with E-state index in [2.05, 4.69) is 37.3 Å². The maximum atomic E-state index is 5.57. The van der Waals surface area contributed by atoms with E-state index >= 15 is 0 Å². The van der Waals surface area contributed by atoms with Gasteiger partial charge in [0.25, 0.3) is 0 Å². The van der Waals surface area contributed by atoms with Gasteiger partial charge in [-0.1, -0.05) is 24.3 Å². The molecular formula is C18H18O3. The van der Waals surface area contributed by atoms with Crippen LogP contribution in [0.2, 0.25) is 0 Å². The molecule has 0 heterocycles. The van der Waals surface area contributed by atoms with Gasteiger partial charge < -0.3 is 14.2 Å². The fourth-order valence-corrected chi connectivity index (χ4v) is 2.87. The van der Waals surface area contributed by atoms with Crippen molar-refractivity contribution in [3.63, 3.8) is 0 Å². The number of benzene rings is 3. The van der Waals surface area contributed by atoms with Gasteiger partial charge in [-0.3, -0.25) is 0 Å². The van der Waals surface area contributed by atoms with E-state index in [1.54, 1.807) is 21.3 Å². The Bertz CT molecular complexity index is 822. The first-order valence-electron chi connectivity index (χ1n) is 6.82. The number of rotatable bonds is 3. The average Bonchev–Trinajstić information content (AvgIpc) is 2.52. The Morgan fingerprint density at radius 2 is 1.38 bits per heavy atom. The molecule has 0 aliphatic carbocycles. The molecule has 3 heteroatoms. The number of fused-ring (bicyclic) bond motifs is 3. The van der Waals surface area contributed by atoms with Crippen LogP contribution in [-0.4, -0.2) is 21.3 Å². The smallest absolute Gasteiger partial charge is 0.203 e. The van der Waals surface area contributed by atoms with E-state index in [1.807, 2.05) is 6.07 Å². The average molecular weight is 282 g/mol. The molecule has 108 valence electrons. The quantitative estimate of drug-likeness (QED) is 0.669. The minimum atomic E-state index is 0.625. The molecule has 21 heavy (non-hydrogen) atoms. The van der Waals surface area contributed by atoms with Crippen molar-refractivity contribution in [1.29, 1.82) is 0 Å². The van der Waals surface area contributed by atoms with Gasteiger partial charge in [-0.05, 0) is 40.8 Å². The predicted molar refractivity (Wildman–Crippen MR) is 85.8 cm³/mol. The van der Waals surface area contributed by atoms with Crippen molar-refractivity contribution in [2.24, 2.45) is 0 Å². The molecule has 0 radical (unpaired) electrons. The Labute approximate surface area is 124 Å². The Morgan fingerprint density at radius 3 is 2.05 bits per heavy atom. The third-order valence-electron chi connectivity index (χ3n) is 3.90. The molecule has 0 bridgehead atoms. The zero-order valence-corrected chi connectivity index (χ0v) is 12.7. The number of hydrogen-bond acceptors (Lipinski definition) is 3. The summed E-state index contributed by atoms with van der Waals surface area (Å²) in [6.45, 7) is 2.12. The van der Waals surface area contributed by atoms with Crippen molar-refractivity contribution in [2.75, 3.05) is 21.3 Å². The van der Waals surface area contributed by atoms with E-state index in [1.165, 1.54) is 16.3 Å². The number of methoxy groups -OCH3 is 3. The minimum Gasteiger partial charge on any atom is -0.493 e. The summed E-state index contributed by atoms with van der Waals surface area (Å²) in [5.41, 5.74) is 1.25. The molecule has 3 aromatic rings. The zero-order valence-electron chi connectivity index (χ0n) is 12.7. The fourth-order valence-electron chi connectivity index (χ4n) is 2.87. The topological polar surface area (TPSA) is 27.7 Å². The fraction of sp³-hybridized carbons (Fsp3) is 0.222. The largest absolute Gasteiger partial charge is 0.493 e. The van der Waals surface area contributed by atoms with Crippen LogP contribution in [0.3, 0.4) is 0 Å². The van der Waals surface area contributed by atoms with Crippen molar-refractivity contribution >= 4 is 21.5 Å². The molecule has 0 saturated heterocycles. The highest BCUT2D eigenvalue weighted by atomic mass is 16.5. The zero-order chi connectivity index (χ0) is 15.0. The molecule has 0 aliphatic rings. The summed E-state index contributed by atoms with van der Waals surface area (Å²) in [4.78, 5) is 0. The van der Waals surface area contributed by atoms with Crippen LogP contribution in [0.25, 0.3) is 21.5 Å². The molecule has 0 aromatic heterocycles. The van der Waals surface area contributed by atoms with Crippen LogP contribution < -0.4 is 14.2 Å². The molecule has 3 rings (SSSR count). The van der Waals surface area contributed by atoms with Gasteiger partial charge in [0.15, 0.2) is 11.5 Å². The monoisotopic (exact) mass is 282 g/mol. The molecular weight excluding hydrogens is 264 g/mol. The second-order valence-corrected chi connectivity index (χ2v) is 4.98. The first-order valence-corrected chi connectivity index (χ1v) is 6.82. The standard InChI is InChI=1S/C18H18O3/c1-11-6-5-7-13-12(11)8-9-14-15(13)10-16(19-2)18(21-4)17(14)20-3/h5-10H,1-4H3. The summed E-state index contributed by atoms with van der Waals surface area (Å²) in [5, 5.41) is 4.55. The Balaban J connectivity index is 2.52. The second-order valence-electron chi connectivity index (χ2n) is 4.98. The SMILES string of the molecule is COc1cc2c(ccc3c(C)cccc32)c(OC)c1OC. The number of hydrogen-bond donors (Lipinski definition) is 0. The molecule has 0 unspecified atom stereocenters. The van der Waals surface area contributed by atoms with Gasteiger partial charge in [0, 0.05) is 5.39 Å². The van der Waals surface area contributed by atoms with Gasteiger partial charge in [-0.15, -0.1) is 0 Å². The Morgan fingerprint density at radius 1 is 0.667 bits per heavy atom. The van der Waals surface area contributed by atoms with Crippen molar-refractivity contribution in [1.82, 2.24) is 0 Å². The lowest BCUT2D eigenvalue weighted by Crippen LogP contribution is -1.96. The van der Waals surface area contributed by atoms with Crippen molar-refractivity contribution in [3.8, 4) is 17.2 Å². The second kappa shape index (κ2) is 5.17. The van der Waals surface area contributed by atoms with Crippen molar-refractivity contribution in [3.05, 3.63) is 42.0 Å². The van der Waals surface area contributed by atoms with E-state index < -0.39 is 0 Å². The lowest BCUT2D eigenvalue weighted by molar-refractivity contribution is 0.327. The summed E-state index contributed by atoms with van der Waals surface area (Å²) >= 11 is 0. The lowest BCUT2D eigenvalue weighted by Gasteiger charge is -2.16. The van der Waals surface area contributed by atoms with Crippen molar-refractivity contribution in [2.45, 2.75) is 6.92 Å². The number of aryl methyl sites for hydroxylation is 1. The summed E-state index contributed by atoms with van der Waals surface area (Å²) in [7, 11) is 4.91. The van der Waals surface area contributed by atoms with Crippen LogP contribution in [0.1, 0.15) is 5.56 Å². The van der Waals surface area contributed by atoms with E-state index in [0.29, 0.717) is 17.2 Å². The summed E-state index contributed by atoms with van der Waals surface area (Å²) in [5.74, 6) is 2.01.